The van der Waals surface area contributed by atoms with Crippen LogP contribution in [-0.4, -0.2) is 13.3 Å². The van der Waals surface area contributed by atoms with Gasteiger partial charge in [-0.1, -0.05) is 36.4 Å². The van der Waals surface area contributed by atoms with Crippen molar-refractivity contribution in [1.82, 2.24) is 0 Å². The Labute approximate surface area is 97.6 Å². The van der Waals surface area contributed by atoms with Crippen LogP contribution in [0.2, 0.25) is 0 Å². The first kappa shape index (κ1) is 12.2. The summed E-state index contributed by atoms with van der Waals surface area (Å²) in [5.41, 5.74) is 2.21. The molecule has 2 nitrogen and oxygen atoms in total. The summed E-state index contributed by atoms with van der Waals surface area (Å²) < 4.78 is 0. The molecule has 0 N–H and O–H groups in total. The first-order valence-electron chi connectivity index (χ1n) is 5.36. The molecule has 0 saturated carbocycles. The lowest BCUT2D eigenvalue weighted by molar-refractivity contribution is 1.02. The van der Waals surface area contributed by atoms with E-state index in [1.807, 2.05) is 80.7 Å². The van der Waals surface area contributed by atoms with Gasteiger partial charge in [-0.15, -0.1) is 0 Å². The van der Waals surface area contributed by atoms with Gasteiger partial charge in [0.15, 0.2) is 0 Å². The van der Waals surface area contributed by atoms with Gasteiger partial charge < -0.3 is 0 Å². The lowest BCUT2D eigenvalue weighted by atomic mass is 10.3. The van der Waals surface area contributed by atoms with Crippen LogP contribution in [0.1, 0.15) is 13.8 Å². The molecule has 0 heterocycles. The van der Waals surface area contributed by atoms with Crippen LogP contribution >= 0.6 is 0 Å². The van der Waals surface area contributed by atoms with Crippen molar-refractivity contribution in [3.8, 4) is 0 Å². The zero-order valence-corrected chi connectivity index (χ0v) is 10.1. The van der Waals surface area contributed by atoms with E-state index in [1.54, 1.807) is 0 Å². The SMILES string of the molecule is C/C=C/C=C(C)/C=N/N(C)c1ccccc1. The zero-order chi connectivity index (χ0) is 11.8. The number of anilines is 1. The van der Waals surface area contributed by atoms with E-state index in [0.29, 0.717) is 0 Å². The Kier molecular flexibility index (Phi) is 5.06. The first-order chi connectivity index (χ1) is 7.74. The number of hydrogen-bond acceptors (Lipinski definition) is 2. The summed E-state index contributed by atoms with van der Waals surface area (Å²) in [6, 6.07) is 10.1. The van der Waals surface area contributed by atoms with E-state index in [1.165, 1.54) is 0 Å². The van der Waals surface area contributed by atoms with Crippen molar-refractivity contribution in [2.75, 3.05) is 12.1 Å². The molecule has 0 fully saturated rings. The standard InChI is InChI=1S/C14H18N2/c1-4-5-9-13(2)12-15-16(3)14-10-7-6-8-11-14/h4-12H,1-3H3/b5-4+,13-9+,15-12+. The van der Waals surface area contributed by atoms with Crippen LogP contribution < -0.4 is 5.01 Å². The fourth-order valence-electron chi connectivity index (χ4n) is 1.18. The summed E-state index contributed by atoms with van der Waals surface area (Å²) >= 11 is 0. The molecule has 0 bridgehead atoms. The number of hydrogen-bond donors (Lipinski definition) is 0. The van der Waals surface area contributed by atoms with Crippen molar-refractivity contribution in [1.29, 1.82) is 0 Å². The minimum Gasteiger partial charge on any atom is -0.269 e. The predicted octanol–water partition coefficient (Wildman–Crippen LogP) is 3.63. The molecule has 1 aromatic carbocycles. The molecule has 2 heteroatoms. The largest absolute Gasteiger partial charge is 0.269 e. The van der Waals surface area contributed by atoms with Crippen LogP contribution in [0.3, 0.4) is 0 Å². The van der Waals surface area contributed by atoms with Gasteiger partial charge in [0, 0.05) is 7.05 Å². The normalized spacial score (nSPS) is 12.6. The van der Waals surface area contributed by atoms with Gasteiger partial charge in [-0.25, -0.2) is 0 Å². The highest BCUT2D eigenvalue weighted by Gasteiger charge is 1.94. The molecule has 0 unspecified atom stereocenters. The summed E-state index contributed by atoms with van der Waals surface area (Å²) in [6.45, 7) is 4.03. The summed E-state index contributed by atoms with van der Waals surface area (Å²) in [5.74, 6) is 0. The maximum atomic E-state index is 4.35. The molecule has 0 aliphatic rings. The van der Waals surface area contributed by atoms with Crippen molar-refractivity contribution in [2.45, 2.75) is 13.8 Å². The minimum absolute atomic E-state index is 1.08. The van der Waals surface area contributed by atoms with Crippen molar-refractivity contribution < 1.29 is 0 Å². The summed E-state index contributed by atoms with van der Waals surface area (Å²) in [5, 5.41) is 6.21. The molecule has 1 rings (SSSR count). The second-order valence-electron chi connectivity index (χ2n) is 3.54. The van der Waals surface area contributed by atoms with E-state index >= 15 is 0 Å². The number of para-hydroxylation sites is 1. The van der Waals surface area contributed by atoms with E-state index in [9.17, 15) is 0 Å². The monoisotopic (exact) mass is 214 g/mol. The molecular weight excluding hydrogens is 196 g/mol. The molecule has 16 heavy (non-hydrogen) atoms. The van der Waals surface area contributed by atoms with E-state index in [0.717, 1.165) is 11.3 Å². The van der Waals surface area contributed by atoms with Crippen LogP contribution in [-0.2, 0) is 0 Å². The maximum Gasteiger partial charge on any atom is 0.0590 e. The third-order valence-corrected chi connectivity index (χ3v) is 2.12. The van der Waals surface area contributed by atoms with Crippen molar-refractivity contribution in [3.05, 3.63) is 54.1 Å². The second kappa shape index (κ2) is 6.62. The van der Waals surface area contributed by atoms with E-state index in [-0.39, 0.29) is 0 Å². The molecule has 84 valence electrons. The zero-order valence-electron chi connectivity index (χ0n) is 10.1. The Hall–Kier alpha value is -1.83. The molecule has 0 radical (unpaired) electrons. The molecule has 0 spiro atoms. The predicted molar refractivity (Wildman–Crippen MR) is 71.9 cm³/mol. The highest BCUT2D eigenvalue weighted by molar-refractivity contribution is 5.79. The Balaban J connectivity index is 2.64. The third kappa shape index (κ3) is 4.13. The van der Waals surface area contributed by atoms with Crippen LogP contribution in [0.25, 0.3) is 0 Å². The van der Waals surface area contributed by atoms with Crippen molar-refractivity contribution >= 4 is 11.9 Å². The summed E-state index contributed by atoms with van der Waals surface area (Å²) in [6.07, 6.45) is 7.89. The number of benzene rings is 1. The highest BCUT2D eigenvalue weighted by Crippen LogP contribution is 2.10. The quantitative estimate of drug-likeness (QED) is 0.424. The first-order valence-corrected chi connectivity index (χ1v) is 5.36. The molecule has 0 amide bonds. The lowest BCUT2D eigenvalue weighted by Crippen LogP contribution is -2.08. The Morgan fingerprint density at radius 1 is 1.25 bits per heavy atom. The number of allylic oxidation sites excluding steroid dienone is 4. The Morgan fingerprint density at radius 2 is 1.94 bits per heavy atom. The molecule has 0 saturated heterocycles. The lowest BCUT2D eigenvalue weighted by Gasteiger charge is -2.11. The van der Waals surface area contributed by atoms with Gasteiger partial charge in [0.1, 0.15) is 0 Å². The van der Waals surface area contributed by atoms with Gasteiger partial charge in [-0.3, -0.25) is 5.01 Å². The molecule has 0 atom stereocenters. The van der Waals surface area contributed by atoms with E-state index in [2.05, 4.69) is 5.10 Å². The minimum atomic E-state index is 1.08. The number of hydrazone groups is 1. The molecular formula is C14H18N2. The van der Waals surface area contributed by atoms with Crippen LogP contribution in [0.5, 0.6) is 0 Å². The molecule has 0 aliphatic heterocycles. The summed E-state index contributed by atoms with van der Waals surface area (Å²) in [4.78, 5) is 0. The Morgan fingerprint density at radius 3 is 2.56 bits per heavy atom. The smallest absolute Gasteiger partial charge is 0.0590 e. The topological polar surface area (TPSA) is 15.6 Å². The average Bonchev–Trinajstić information content (AvgIpc) is 2.34. The second-order valence-corrected chi connectivity index (χ2v) is 3.54. The Bertz CT molecular complexity index is 388. The third-order valence-electron chi connectivity index (χ3n) is 2.12. The molecule has 1 aromatic rings. The highest BCUT2D eigenvalue weighted by atomic mass is 15.4. The van der Waals surface area contributed by atoms with Gasteiger partial charge in [-0.05, 0) is 31.6 Å². The summed E-state index contributed by atoms with van der Waals surface area (Å²) in [7, 11) is 1.94. The van der Waals surface area contributed by atoms with Crippen molar-refractivity contribution in [2.24, 2.45) is 5.10 Å². The van der Waals surface area contributed by atoms with Crippen LogP contribution in [0.15, 0.2) is 59.2 Å². The van der Waals surface area contributed by atoms with E-state index in [4.69, 9.17) is 0 Å². The van der Waals surface area contributed by atoms with Crippen LogP contribution in [0, 0.1) is 0 Å². The van der Waals surface area contributed by atoms with Crippen molar-refractivity contribution in [3.63, 3.8) is 0 Å². The maximum absolute atomic E-state index is 4.35. The molecule has 0 aromatic heterocycles. The van der Waals surface area contributed by atoms with Gasteiger partial charge in [0.25, 0.3) is 0 Å². The average molecular weight is 214 g/mol. The van der Waals surface area contributed by atoms with Gasteiger partial charge in [-0.2, -0.15) is 5.10 Å². The fourth-order valence-corrected chi connectivity index (χ4v) is 1.18. The van der Waals surface area contributed by atoms with E-state index < -0.39 is 0 Å². The number of nitrogens with zero attached hydrogens (tertiary/aromatic N) is 2. The van der Waals surface area contributed by atoms with Gasteiger partial charge in [0.2, 0.25) is 0 Å². The molecule has 0 aliphatic carbocycles. The van der Waals surface area contributed by atoms with Crippen LogP contribution in [0.4, 0.5) is 5.69 Å². The number of rotatable bonds is 4. The van der Waals surface area contributed by atoms with Gasteiger partial charge >= 0.3 is 0 Å². The fraction of sp³-hybridized carbons (Fsp3) is 0.214. The van der Waals surface area contributed by atoms with Gasteiger partial charge in [0.05, 0.1) is 11.9 Å².